The topological polar surface area (TPSA) is 29.5 Å². The predicted octanol–water partition coefficient (Wildman–Crippen LogP) is 3.76. The number of hydrogen-bond donors (Lipinski definition) is 0. The van der Waals surface area contributed by atoms with Gasteiger partial charge in [0.1, 0.15) is 5.75 Å². The van der Waals surface area contributed by atoms with E-state index in [9.17, 15) is 4.79 Å². The van der Waals surface area contributed by atoms with Crippen LogP contribution in [0.25, 0.3) is 0 Å². The lowest BCUT2D eigenvalue weighted by atomic mass is 10.1. The highest BCUT2D eigenvalue weighted by atomic mass is 79.9. The maximum Gasteiger partial charge on any atom is 0.167 e. The zero-order chi connectivity index (χ0) is 14.3. The number of nitrogens with zero attached hydrogens (tertiary/aromatic N) is 1. The fourth-order valence-electron chi connectivity index (χ4n) is 1.94. The number of halogens is 1. The second-order valence-corrected chi connectivity index (χ2v) is 5.19. The number of carbonyl (C=O) groups excluding carboxylic acids is 1. The van der Waals surface area contributed by atoms with Crippen LogP contribution in [-0.4, -0.2) is 36.9 Å². The first-order chi connectivity index (χ1) is 9.12. The largest absolute Gasteiger partial charge is 0.493 e. The standard InChI is InChI=1S/C15H22BrNO2/c1-4-17(5-2)10-9-14(18)13-11-12(16)7-8-15(13)19-6-3/h7-8,11H,4-6,9-10H2,1-3H3. The van der Waals surface area contributed by atoms with Gasteiger partial charge in [0.25, 0.3) is 0 Å². The van der Waals surface area contributed by atoms with Gasteiger partial charge in [-0.3, -0.25) is 4.79 Å². The fourth-order valence-corrected chi connectivity index (χ4v) is 2.30. The fraction of sp³-hybridized carbons (Fsp3) is 0.533. The molecular weight excluding hydrogens is 306 g/mol. The molecule has 0 atom stereocenters. The van der Waals surface area contributed by atoms with E-state index in [1.165, 1.54) is 0 Å². The summed E-state index contributed by atoms with van der Waals surface area (Å²) < 4.78 is 6.42. The Hall–Kier alpha value is -0.870. The van der Waals surface area contributed by atoms with E-state index in [1.54, 1.807) is 0 Å². The minimum atomic E-state index is 0.136. The van der Waals surface area contributed by atoms with E-state index in [4.69, 9.17) is 4.74 Å². The van der Waals surface area contributed by atoms with Crippen molar-refractivity contribution in [1.29, 1.82) is 0 Å². The zero-order valence-corrected chi connectivity index (χ0v) is 13.5. The third kappa shape index (κ3) is 4.96. The summed E-state index contributed by atoms with van der Waals surface area (Å²) in [6.07, 6.45) is 0.526. The molecule has 0 N–H and O–H groups in total. The number of benzene rings is 1. The summed E-state index contributed by atoms with van der Waals surface area (Å²) in [5, 5.41) is 0. The zero-order valence-electron chi connectivity index (χ0n) is 11.9. The smallest absolute Gasteiger partial charge is 0.167 e. The molecule has 0 radical (unpaired) electrons. The summed E-state index contributed by atoms with van der Waals surface area (Å²) in [7, 11) is 0. The molecule has 0 fully saturated rings. The van der Waals surface area contributed by atoms with Gasteiger partial charge in [0.05, 0.1) is 12.2 Å². The average molecular weight is 328 g/mol. The number of carbonyl (C=O) groups is 1. The van der Waals surface area contributed by atoms with Gasteiger partial charge in [0, 0.05) is 17.4 Å². The second-order valence-electron chi connectivity index (χ2n) is 4.27. The first kappa shape index (κ1) is 16.2. The van der Waals surface area contributed by atoms with E-state index in [1.807, 2.05) is 25.1 Å². The van der Waals surface area contributed by atoms with Gasteiger partial charge in [-0.1, -0.05) is 29.8 Å². The lowest BCUT2D eigenvalue weighted by Crippen LogP contribution is -2.25. The quantitative estimate of drug-likeness (QED) is 0.681. The van der Waals surface area contributed by atoms with Crippen molar-refractivity contribution in [3.05, 3.63) is 28.2 Å². The molecule has 0 unspecified atom stereocenters. The molecule has 4 heteroatoms. The summed E-state index contributed by atoms with van der Waals surface area (Å²) in [5.41, 5.74) is 0.670. The van der Waals surface area contributed by atoms with Crippen LogP contribution in [0, 0.1) is 0 Å². The summed E-state index contributed by atoms with van der Waals surface area (Å²) in [6, 6.07) is 5.58. The minimum absolute atomic E-state index is 0.136. The second kappa shape index (κ2) is 8.33. The van der Waals surface area contributed by atoms with Gasteiger partial charge in [-0.25, -0.2) is 0 Å². The van der Waals surface area contributed by atoms with Crippen molar-refractivity contribution < 1.29 is 9.53 Å². The number of ether oxygens (including phenoxy) is 1. The normalized spacial score (nSPS) is 10.8. The highest BCUT2D eigenvalue weighted by Gasteiger charge is 2.14. The van der Waals surface area contributed by atoms with E-state index >= 15 is 0 Å². The van der Waals surface area contributed by atoms with E-state index in [0.29, 0.717) is 24.3 Å². The Morgan fingerprint density at radius 2 is 1.95 bits per heavy atom. The van der Waals surface area contributed by atoms with Crippen LogP contribution in [0.2, 0.25) is 0 Å². The third-order valence-corrected chi connectivity index (χ3v) is 3.58. The maximum absolute atomic E-state index is 12.3. The van der Waals surface area contributed by atoms with E-state index in [0.717, 1.165) is 24.1 Å². The molecule has 0 aliphatic carbocycles. The lowest BCUT2D eigenvalue weighted by Gasteiger charge is -2.17. The molecule has 0 aromatic heterocycles. The number of Topliss-reactive ketones (excluding diaryl/α,β-unsaturated/α-hetero) is 1. The monoisotopic (exact) mass is 327 g/mol. The Labute approximate surface area is 124 Å². The molecule has 1 aromatic rings. The van der Waals surface area contributed by atoms with Gasteiger partial charge >= 0.3 is 0 Å². The van der Waals surface area contributed by atoms with Crippen LogP contribution in [-0.2, 0) is 0 Å². The van der Waals surface area contributed by atoms with Crippen molar-refractivity contribution in [1.82, 2.24) is 4.90 Å². The molecule has 0 heterocycles. The van der Waals surface area contributed by atoms with Gasteiger partial charge in [-0.05, 0) is 38.2 Å². The molecule has 1 rings (SSSR count). The molecule has 106 valence electrons. The van der Waals surface area contributed by atoms with E-state index in [-0.39, 0.29) is 5.78 Å². The van der Waals surface area contributed by atoms with Crippen LogP contribution in [0.1, 0.15) is 37.6 Å². The summed E-state index contributed by atoms with van der Waals surface area (Å²) >= 11 is 3.40. The van der Waals surface area contributed by atoms with Gasteiger partial charge < -0.3 is 9.64 Å². The van der Waals surface area contributed by atoms with Gasteiger partial charge in [-0.15, -0.1) is 0 Å². The Morgan fingerprint density at radius 3 is 2.53 bits per heavy atom. The van der Waals surface area contributed by atoms with Crippen LogP contribution >= 0.6 is 15.9 Å². The molecule has 0 aliphatic heterocycles. The summed E-state index contributed by atoms with van der Waals surface area (Å²) in [4.78, 5) is 14.5. The Balaban J connectivity index is 2.77. The minimum Gasteiger partial charge on any atom is -0.493 e. The predicted molar refractivity (Wildman–Crippen MR) is 82.0 cm³/mol. The maximum atomic E-state index is 12.3. The summed E-state index contributed by atoms with van der Waals surface area (Å²) in [6.45, 7) is 9.45. The molecule has 0 amide bonds. The van der Waals surface area contributed by atoms with Crippen LogP contribution < -0.4 is 4.74 Å². The van der Waals surface area contributed by atoms with Crippen LogP contribution in [0.5, 0.6) is 5.75 Å². The highest BCUT2D eigenvalue weighted by Crippen LogP contribution is 2.24. The van der Waals surface area contributed by atoms with E-state index in [2.05, 4.69) is 34.7 Å². The Morgan fingerprint density at radius 1 is 1.26 bits per heavy atom. The molecule has 0 saturated carbocycles. The first-order valence-corrected chi connectivity index (χ1v) is 7.59. The number of hydrogen-bond acceptors (Lipinski definition) is 3. The van der Waals surface area contributed by atoms with Crippen molar-refractivity contribution in [2.24, 2.45) is 0 Å². The Bertz CT molecular complexity index is 417. The Kier molecular flexibility index (Phi) is 7.10. The van der Waals surface area contributed by atoms with Gasteiger partial charge in [-0.2, -0.15) is 0 Å². The third-order valence-electron chi connectivity index (χ3n) is 3.09. The molecule has 0 bridgehead atoms. The molecule has 19 heavy (non-hydrogen) atoms. The van der Waals surface area contributed by atoms with Crippen molar-refractivity contribution in [2.45, 2.75) is 27.2 Å². The molecular formula is C15H22BrNO2. The van der Waals surface area contributed by atoms with Crippen molar-refractivity contribution in [3.8, 4) is 5.75 Å². The highest BCUT2D eigenvalue weighted by molar-refractivity contribution is 9.10. The molecule has 3 nitrogen and oxygen atoms in total. The van der Waals surface area contributed by atoms with E-state index < -0.39 is 0 Å². The average Bonchev–Trinajstić information content (AvgIpc) is 2.42. The summed E-state index contributed by atoms with van der Waals surface area (Å²) in [5.74, 6) is 0.812. The first-order valence-electron chi connectivity index (χ1n) is 6.80. The van der Waals surface area contributed by atoms with Crippen LogP contribution in [0.15, 0.2) is 22.7 Å². The van der Waals surface area contributed by atoms with Crippen molar-refractivity contribution in [2.75, 3.05) is 26.2 Å². The van der Waals surface area contributed by atoms with Gasteiger partial charge in [0.2, 0.25) is 0 Å². The van der Waals surface area contributed by atoms with Gasteiger partial charge in [0.15, 0.2) is 5.78 Å². The van der Waals surface area contributed by atoms with Crippen LogP contribution in [0.4, 0.5) is 0 Å². The lowest BCUT2D eigenvalue weighted by molar-refractivity contribution is 0.0962. The molecule has 0 spiro atoms. The van der Waals surface area contributed by atoms with Crippen LogP contribution in [0.3, 0.4) is 0 Å². The number of rotatable bonds is 8. The molecule has 0 aliphatic rings. The molecule has 0 saturated heterocycles. The van der Waals surface area contributed by atoms with Crippen molar-refractivity contribution in [3.63, 3.8) is 0 Å². The number of ketones is 1. The van der Waals surface area contributed by atoms with Crippen molar-refractivity contribution >= 4 is 21.7 Å². The molecule has 1 aromatic carbocycles. The SMILES string of the molecule is CCOc1ccc(Br)cc1C(=O)CCN(CC)CC.